The molecule has 0 amide bonds. The molecule has 0 fully saturated rings. The van der Waals surface area contributed by atoms with E-state index in [2.05, 4.69) is 53.3 Å². The van der Waals surface area contributed by atoms with E-state index in [1.165, 1.54) is 11.3 Å². The van der Waals surface area contributed by atoms with Gasteiger partial charge in [-0.2, -0.15) is 0 Å². The van der Waals surface area contributed by atoms with Crippen molar-refractivity contribution in [3.8, 4) is 0 Å². The largest absolute Gasteiger partial charge is 0.381 e. The molecule has 12 heavy (non-hydrogen) atoms. The number of rotatable bonds is 2. The SMILES string of the molecule is C=C/C(=C(/C)N(C)C)C(C)(C)C. The quantitative estimate of drug-likeness (QED) is 0.571. The van der Waals surface area contributed by atoms with E-state index >= 15 is 0 Å². The Morgan fingerprint density at radius 1 is 1.25 bits per heavy atom. The maximum absolute atomic E-state index is 3.85. The third-order valence-corrected chi connectivity index (χ3v) is 2.07. The van der Waals surface area contributed by atoms with E-state index < -0.39 is 0 Å². The lowest BCUT2D eigenvalue weighted by atomic mass is 9.85. The summed E-state index contributed by atoms with van der Waals surface area (Å²) in [6.07, 6.45) is 1.95. The molecule has 0 unspecified atom stereocenters. The first-order valence-electron chi connectivity index (χ1n) is 4.31. The summed E-state index contributed by atoms with van der Waals surface area (Å²) in [5, 5.41) is 0. The van der Waals surface area contributed by atoms with Crippen molar-refractivity contribution in [3.05, 3.63) is 23.9 Å². The maximum atomic E-state index is 3.85. The van der Waals surface area contributed by atoms with Crippen LogP contribution in [-0.2, 0) is 0 Å². The van der Waals surface area contributed by atoms with Gasteiger partial charge in [-0.1, -0.05) is 33.4 Å². The van der Waals surface area contributed by atoms with Crippen molar-refractivity contribution in [1.82, 2.24) is 4.90 Å². The lowest BCUT2D eigenvalue weighted by Gasteiger charge is -2.26. The standard InChI is InChI=1S/C11H21N/c1-8-10(11(3,4)5)9(2)12(6)7/h8H,1H2,2-7H3/b10-9+. The Bertz CT molecular complexity index is 192. The summed E-state index contributed by atoms with van der Waals surface area (Å²) >= 11 is 0. The lowest BCUT2D eigenvalue weighted by Crippen LogP contribution is -2.17. The molecule has 0 spiro atoms. The minimum atomic E-state index is 0.191. The normalized spacial score (nSPS) is 13.8. The van der Waals surface area contributed by atoms with Crippen LogP contribution in [0.4, 0.5) is 0 Å². The Balaban J connectivity index is 5.00. The number of hydrogen-bond acceptors (Lipinski definition) is 1. The molecule has 0 bridgehead atoms. The molecule has 0 aliphatic heterocycles. The van der Waals surface area contributed by atoms with E-state index in [1.54, 1.807) is 0 Å². The van der Waals surface area contributed by atoms with Crippen LogP contribution in [-0.4, -0.2) is 19.0 Å². The second-order valence-electron chi connectivity index (χ2n) is 4.35. The predicted octanol–water partition coefficient (Wildman–Crippen LogP) is 3.05. The molecule has 0 saturated carbocycles. The Hall–Kier alpha value is -0.720. The first-order chi connectivity index (χ1) is 5.30. The molecule has 0 atom stereocenters. The second-order valence-corrected chi connectivity index (χ2v) is 4.35. The van der Waals surface area contributed by atoms with Gasteiger partial charge >= 0.3 is 0 Å². The molecule has 0 radical (unpaired) electrons. The minimum absolute atomic E-state index is 0.191. The highest BCUT2D eigenvalue weighted by Crippen LogP contribution is 2.29. The first-order valence-corrected chi connectivity index (χ1v) is 4.31. The van der Waals surface area contributed by atoms with Gasteiger partial charge in [-0.15, -0.1) is 0 Å². The first kappa shape index (κ1) is 11.3. The molecule has 0 saturated heterocycles. The van der Waals surface area contributed by atoms with E-state index in [0.717, 1.165) is 0 Å². The molecule has 0 N–H and O–H groups in total. The van der Waals surface area contributed by atoms with Crippen LogP contribution in [0.3, 0.4) is 0 Å². The molecule has 0 aromatic heterocycles. The molecule has 0 aromatic rings. The molecule has 0 aromatic carbocycles. The van der Waals surface area contributed by atoms with Crippen molar-refractivity contribution in [1.29, 1.82) is 0 Å². The zero-order chi connectivity index (χ0) is 9.94. The fourth-order valence-corrected chi connectivity index (χ4v) is 1.24. The summed E-state index contributed by atoms with van der Waals surface area (Å²) in [4.78, 5) is 2.13. The highest BCUT2D eigenvalue weighted by molar-refractivity contribution is 5.27. The zero-order valence-corrected chi connectivity index (χ0v) is 9.23. The van der Waals surface area contributed by atoms with Gasteiger partial charge in [-0.3, -0.25) is 0 Å². The molecular weight excluding hydrogens is 146 g/mol. The zero-order valence-electron chi connectivity index (χ0n) is 9.23. The van der Waals surface area contributed by atoms with E-state index in [9.17, 15) is 0 Å². The summed E-state index contributed by atoms with van der Waals surface area (Å²) in [7, 11) is 4.12. The summed E-state index contributed by atoms with van der Waals surface area (Å²) < 4.78 is 0. The monoisotopic (exact) mass is 167 g/mol. The Labute approximate surface area is 76.8 Å². The van der Waals surface area contributed by atoms with E-state index in [1.807, 2.05) is 6.08 Å². The van der Waals surface area contributed by atoms with Crippen molar-refractivity contribution in [2.45, 2.75) is 27.7 Å². The Morgan fingerprint density at radius 3 is 1.75 bits per heavy atom. The van der Waals surface area contributed by atoms with Gasteiger partial charge in [0.1, 0.15) is 0 Å². The molecule has 0 aliphatic rings. The molecule has 0 rings (SSSR count). The lowest BCUT2D eigenvalue weighted by molar-refractivity contribution is 0.454. The Morgan fingerprint density at radius 2 is 1.67 bits per heavy atom. The highest BCUT2D eigenvalue weighted by atomic mass is 15.1. The van der Waals surface area contributed by atoms with Crippen LogP contribution in [0.25, 0.3) is 0 Å². The molecule has 0 heterocycles. The second kappa shape index (κ2) is 3.79. The van der Waals surface area contributed by atoms with Crippen LogP contribution < -0.4 is 0 Å². The van der Waals surface area contributed by atoms with E-state index in [0.29, 0.717) is 0 Å². The van der Waals surface area contributed by atoms with Crippen LogP contribution >= 0.6 is 0 Å². The fourth-order valence-electron chi connectivity index (χ4n) is 1.24. The van der Waals surface area contributed by atoms with Crippen molar-refractivity contribution in [3.63, 3.8) is 0 Å². The van der Waals surface area contributed by atoms with Crippen LogP contribution in [0.5, 0.6) is 0 Å². The summed E-state index contributed by atoms with van der Waals surface area (Å²) in [6.45, 7) is 12.6. The van der Waals surface area contributed by atoms with E-state index in [-0.39, 0.29) is 5.41 Å². The molecule has 1 heteroatoms. The van der Waals surface area contributed by atoms with Gasteiger partial charge in [0, 0.05) is 19.8 Å². The molecule has 70 valence electrons. The summed E-state index contributed by atoms with van der Waals surface area (Å²) in [5.41, 5.74) is 2.79. The number of hydrogen-bond donors (Lipinski definition) is 0. The van der Waals surface area contributed by atoms with Crippen LogP contribution in [0.15, 0.2) is 23.9 Å². The molecule has 0 aliphatic carbocycles. The average Bonchev–Trinajstić information content (AvgIpc) is 1.85. The van der Waals surface area contributed by atoms with Gasteiger partial charge in [0.15, 0.2) is 0 Å². The topological polar surface area (TPSA) is 3.24 Å². The smallest absolute Gasteiger partial charge is 0.0134 e. The van der Waals surface area contributed by atoms with Crippen molar-refractivity contribution < 1.29 is 0 Å². The van der Waals surface area contributed by atoms with Crippen LogP contribution in [0.1, 0.15) is 27.7 Å². The van der Waals surface area contributed by atoms with Crippen LogP contribution in [0.2, 0.25) is 0 Å². The number of nitrogens with zero attached hydrogens (tertiary/aromatic N) is 1. The maximum Gasteiger partial charge on any atom is 0.0134 e. The highest BCUT2D eigenvalue weighted by Gasteiger charge is 2.17. The molecular formula is C11H21N. The van der Waals surface area contributed by atoms with Gasteiger partial charge in [0.2, 0.25) is 0 Å². The van der Waals surface area contributed by atoms with E-state index in [4.69, 9.17) is 0 Å². The number of allylic oxidation sites excluding steroid dienone is 3. The fraction of sp³-hybridized carbons (Fsp3) is 0.636. The Kier molecular flexibility index (Phi) is 3.56. The van der Waals surface area contributed by atoms with Gasteiger partial charge < -0.3 is 4.90 Å². The third-order valence-electron chi connectivity index (χ3n) is 2.07. The van der Waals surface area contributed by atoms with Gasteiger partial charge in [0.25, 0.3) is 0 Å². The summed E-state index contributed by atoms with van der Waals surface area (Å²) in [6, 6.07) is 0. The molecule has 1 nitrogen and oxygen atoms in total. The summed E-state index contributed by atoms with van der Waals surface area (Å²) in [5.74, 6) is 0. The average molecular weight is 167 g/mol. The van der Waals surface area contributed by atoms with Gasteiger partial charge in [-0.05, 0) is 17.9 Å². The van der Waals surface area contributed by atoms with Crippen molar-refractivity contribution >= 4 is 0 Å². The van der Waals surface area contributed by atoms with Gasteiger partial charge in [-0.25, -0.2) is 0 Å². The van der Waals surface area contributed by atoms with Crippen molar-refractivity contribution in [2.75, 3.05) is 14.1 Å². The predicted molar refractivity (Wildman–Crippen MR) is 56.0 cm³/mol. The third kappa shape index (κ3) is 2.72. The minimum Gasteiger partial charge on any atom is -0.381 e. The van der Waals surface area contributed by atoms with Crippen molar-refractivity contribution in [2.24, 2.45) is 5.41 Å². The van der Waals surface area contributed by atoms with Gasteiger partial charge in [0.05, 0.1) is 0 Å². The van der Waals surface area contributed by atoms with Crippen LogP contribution in [0, 0.1) is 5.41 Å².